The summed E-state index contributed by atoms with van der Waals surface area (Å²) >= 11 is 0. The molecule has 0 bridgehead atoms. The van der Waals surface area contributed by atoms with Crippen molar-refractivity contribution < 1.29 is 14.8 Å². The minimum absolute atomic E-state index is 0.0334. The Hall–Kier alpha value is -2.21. The van der Waals surface area contributed by atoms with Gasteiger partial charge in [0.15, 0.2) is 0 Å². The van der Waals surface area contributed by atoms with Crippen molar-refractivity contribution in [3.8, 4) is 0 Å². The third kappa shape index (κ3) is 3.48. The summed E-state index contributed by atoms with van der Waals surface area (Å²) in [6.45, 7) is 1.19. The summed E-state index contributed by atoms with van der Waals surface area (Å²) in [4.78, 5) is 24.4. The number of piperidine rings is 1. The molecule has 0 unspecified atom stereocenters. The maximum absolute atomic E-state index is 12.4. The number of hydrogen-bond acceptors (Lipinski definition) is 4. The molecule has 1 aromatic carbocycles. The van der Waals surface area contributed by atoms with Crippen LogP contribution in [0, 0.1) is 16.0 Å². The van der Waals surface area contributed by atoms with Crippen LogP contribution in [0.4, 0.5) is 5.69 Å². The highest BCUT2D eigenvalue weighted by Crippen LogP contribution is 2.39. The van der Waals surface area contributed by atoms with E-state index in [1.807, 2.05) is 0 Å². The average molecular weight is 330 g/mol. The summed E-state index contributed by atoms with van der Waals surface area (Å²) in [5.41, 5.74) is 0.197. The minimum atomic E-state index is -0.586. The number of hydrogen-bond donors (Lipinski definition) is 1. The fraction of sp³-hybridized carbons (Fsp3) is 0.500. The van der Waals surface area contributed by atoms with Gasteiger partial charge < -0.3 is 10.0 Å². The predicted octanol–water partition coefficient (Wildman–Crippen LogP) is 2.76. The van der Waals surface area contributed by atoms with E-state index in [4.69, 9.17) is 0 Å². The fourth-order valence-corrected chi connectivity index (χ4v) is 3.75. The van der Waals surface area contributed by atoms with Gasteiger partial charge in [-0.05, 0) is 43.0 Å². The van der Waals surface area contributed by atoms with Gasteiger partial charge in [0.25, 0.3) is 5.69 Å². The van der Waals surface area contributed by atoms with Crippen molar-refractivity contribution in [2.45, 2.75) is 37.7 Å². The lowest BCUT2D eigenvalue weighted by Crippen LogP contribution is -2.54. The summed E-state index contributed by atoms with van der Waals surface area (Å²) in [7, 11) is 0. The van der Waals surface area contributed by atoms with Crippen molar-refractivity contribution in [1.82, 2.24) is 4.90 Å². The van der Waals surface area contributed by atoms with Gasteiger partial charge in [-0.3, -0.25) is 14.9 Å². The molecule has 2 aliphatic rings. The molecule has 2 atom stereocenters. The summed E-state index contributed by atoms with van der Waals surface area (Å²) in [5.74, 6) is 0.109. The van der Waals surface area contributed by atoms with Crippen LogP contribution in [0.1, 0.15) is 37.7 Å². The standard InChI is InChI=1S/C18H22N2O4/c21-17(9-6-14-4-7-16(8-5-14)20(23)24)19-12-11-18(22)10-2-1-3-15(18)13-19/h4-9,15,22H,1-3,10-13H2/b9-6+/t15-,18-/m1/s1. The van der Waals surface area contributed by atoms with Crippen molar-refractivity contribution in [3.05, 3.63) is 46.0 Å². The number of nitro benzene ring substituents is 1. The summed E-state index contributed by atoms with van der Waals surface area (Å²) in [5, 5.41) is 21.3. The SMILES string of the molecule is O=C(/C=C/c1ccc([N+](=O)[O-])cc1)N1CC[C@]2(O)CCCC[C@@H]2C1. The molecule has 1 aliphatic heterocycles. The van der Waals surface area contributed by atoms with Gasteiger partial charge in [0, 0.05) is 37.2 Å². The lowest BCUT2D eigenvalue weighted by atomic mass is 9.71. The molecule has 1 aliphatic carbocycles. The van der Waals surface area contributed by atoms with Crippen molar-refractivity contribution in [1.29, 1.82) is 0 Å². The molecule has 1 aromatic rings. The third-order valence-electron chi connectivity index (χ3n) is 5.26. The molecule has 3 rings (SSSR count). The topological polar surface area (TPSA) is 83.7 Å². The number of carbonyl (C=O) groups excluding carboxylic acids is 1. The van der Waals surface area contributed by atoms with Crippen LogP contribution in [0.15, 0.2) is 30.3 Å². The highest BCUT2D eigenvalue weighted by atomic mass is 16.6. The van der Waals surface area contributed by atoms with Gasteiger partial charge in [-0.2, -0.15) is 0 Å². The zero-order valence-electron chi connectivity index (χ0n) is 13.6. The lowest BCUT2D eigenvalue weighted by Gasteiger charge is -2.47. The summed E-state index contributed by atoms with van der Waals surface area (Å²) in [6.07, 6.45) is 7.84. The molecule has 6 nitrogen and oxygen atoms in total. The number of nitrogens with zero attached hydrogens (tertiary/aromatic N) is 2. The zero-order valence-corrected chi connectivity index (χ0v) is 13.6. The average Bonchev–Trinajstić information content (AvgIpc) is 2.59. The molecule has 128 valence electrons. The Morgan fingerprint density at radius 1 is 1.29 bits per heavy atom. The van der Waals surface area contributed by atoms with E-state index in [1.165, 1.54) is 18.2 Å². The number of nitro groups is 1. The van der Waals surface area contributed by atoms with E-state index in [-0.39, 0.29) is 17.5 Å². The number of likely N-dealkylation sites (tertiary alicyclic amines) is 1. The second-order valence-corrected chi connectivity index (χ2v) is 6.76. The molecule has 2 fully saturated rings. The molecule has 1 saturated heterocycles. The minimum Gasteiger partial charge on any atom is -0.389 e. The Balaban J connectivity index is 1.61. The Morgan fingerprint density at radius 3 is 2.75 bits per heavy atom. The van der Waals surface area contributed by atoms with Crippen LogP contribution in [0.2, 0.25) is 0 Å². The van der Waals surface area contributed by atoms with E-state index < -0.39 is 10.5 Å². The lowest BCUT2D eigenvalue weighted by molar-refractivity contribution is -0.384. The highest BCUT2D eigenvalue weighted by Gasteiger charge is 2.43. The first-order valence-corrected chi connectivity index (χ1v) is 8.42. The van der Waals surface area contributed by atoms with E-state index in [2.05, 4.69) is 0 Å². The predicted molar refractivity (Wildman–Crippen MR) is 90.2 cm³/mol. The molecular formula is C18H22N2O4. The molecule has 6 heteroatoms. The van der Waals surface area contributed by atoms with E-state index in [0.29, 0.717) is 19.5 Å². The van der Waals surface area contributed by atoms with Crippen molar-refractivity contribution in [2.75, 3.05) is 13.1 Å². The van der Waals surface area contributed by atoms with Crippen molar-refractivity contribution in [2.24, 2.45) is 5.92 Å². The fourth-order valence-electron chi connectivity index (χ4n) is 3.75. The number of non-ortho nitro benzene ring substituents is 1. The summed E-state index contributed by atoms with van der Waals surface area (Å²) in [6, 6.07) is 6.09. The summed E-state index contributed by atoms with van der Waals surface area (Å²) < 4.78 is 0. The van der Waals surface area contributed by atoms with Gasteiger partial charge in [0.2, 0.25) is 5.91 Å². The molecule has 0 aromatic heterocycles. The van der Waals surface area contributed by atoms with E-state index in [9.17, 15) is 20.0 Å². The molecule has 1 amide bonds. The van der Waals surface area contributed by atoms with Gasteiger partial charge in [0.05, 0.1) is 10.5 Å². The van der Waals surface area contributed by atoms with Gasteiger partial charge in [-0.15, -0.1) is 0 Å². The van der Waals surface area contributed by atoms with Crippen molar-refractivity contribution >= 4 is 17.7 Å². The first-order chi connectivity index (χ1) is 11.5. The number of fused-ring (bicyclic) bond motifs is 1. The normalized spacial score (nSPS) is 27.0. The maximum Gasteiger partial charge on any atom is 0.269 e. The van der Waals surface area contributed by atoms with E-state index in [0.717, 1.165) is 31.2 Å². The number of rotatable bonds is 3. The van der Waals surface area contributed by atoms with Gasteiger partial charge in [-0.25, -0.2) is 0 Å². The number of amides is 1. The van der Waals surface area contributed by atoms with E-state index in [1.54, 1.807) is 23.1 Å². The van der Waals surface area contributed by atoms with Crippen molar-refractivity contribution in [3.63, 3.8) is 0 Å². The quantitative estimate of drug-likeness (QED) is 0.525. The Morgan fingerprint density at radius 2 is 2.04 bits per heavy atom. The van der Waals surface area contributed by atoms with Gasteiger partial charge in [-0.1, -0.05) is 12.8 Å². The second kappa shape index (κ2) is 6.73. The molecule has 1 heterocycles. The molecule has 1 saturated carbocycles. The third-order valence-corrected chi connectivity index (χ3v) is 5.26. The number of aliphatic hydroxyl groups is 1. The molecule has 0 radical (unpaired) electrons. The van der Waals surface area contributed by atoms with E-state index >= 15 is 0 Å². The second-order valence-electron chi connectivity index (χ2n) is 6.76. The number of benzene rings is 1. The smallest absolute Gasteiger partial charge is 0.269 e. The Labute approximate surface area is 140 Å². The van der Waals surface area contributed by atoms with Crippen LogP contribution in [0.5, 0.6) is 0 Å². The largest absolute Gasteiger partial charge is 0.389 e. The van der Waals surface area contributed by atoms with Crippen LogP contribution in [0.25, 0.3) is 6.08 Å². The maximum atomic E-state index is 12.4. The first kappa shape index (κ1) is 16.6. The van der Waals surface area contributed by atoms with Crippen LogP contribution in [-0.4, -0.2) is 39.5 Å². The molecule has 24 heavy (non-hydrogen) atoms. The Kier molecular flexibility index (Phi) is 4.66. The zero-order chi connectivity index (χ0) is 17.2. The van der Waals surface area contributed by atoms with Crippen LogP contribution in [0.3, 0.4) is 0 Å². The van der Waals surface area contributed by atoms with Crippen LogP contribution < -0.4 is 0 Å². The monoisotopic (exact) mass is 330 g/mol. The number of carbonyl (C=O) groups is 1. The molecule has 1 N–H and O–H groups in total. The van der Waals surface area contributed by atoms with Crippen LogP contribution >= 0.6 is 0 Å². The highest BCUT2D eigenvalue weighted by molar-refractivity contribution is 5.91. The van der Waals surface area contributed by atoms with Gasteiger partial charge >= 0.3 is 0 Å². The van der Waals surface area contributed by atoms with Gasteiger partial charge in [0.1, 0.15) is 0 Å². The molecule has 0 spiro atoms. The van der Waals surface area contributed by atoms with Crippen LogP contribution in [-0.2, 0) is 4.79 Å². The first-order valence-electron chi connectivity index (χ1n) is 8.42. The molecular weight excluding hydrogens is 308 g/mol. The Bertz CT molecular complexity index is 655.